The zero-order chi connectivity index (χ0) is 19.2. The van der Waals surface area contributed by atoms with Crippen LogP contribution in [0.1, 0.15) is 12.0 Å². The van der Waals surface area contributed by atoms with Gasteiger partial charge in [-0.05, 0) is 42.3 Å². The second-order valence-corrected chi connectivity index (χ2v) is 5.99. The minimum atomic E-state index is -0.581. The molecule has 2 aromatic rings. The van der Waals surface area contributed by atoms with Crippen LogP contribution >= 0.6 is 0 Å². The average molecular weight is 369 g/mol. The van der Waals surface area contributed by atoms with E-state index in [4.69, 9.17) is 15.2 Å². The summed E-state index contributed by atoms with van der Waals surface area (Å²) in [4.78, 5) is 34.2. The van der Waals surface area contributed by atoms with Crippen LogP contribution in [-0.2, 0) is 20.8 Å². The molecule has 4 N–H and O–H groups in total. The van der Waals surface area contributed by atoms with Gasteiger partial charge in [0.2, 0.25) is 5.91 Å². The summed E-state index contributed by atoms with van der Waals surface area (Å²) < 4.78 is 10.7. The van der Waals surface area contributed by atoms with Crippen LogP contribution in [0, 0.1) is 0 Å². The monoisotopic (exact) mass is 369 g/mol. The molecule has 0 saturated carbocycles. The van der Waals surface area contributed by atoms with Crippen LogP contribution in [0.4, 0.5) is 11.4 Å². The highest BCUT2D eigenvalue weighted by atomic mass is 16.5. The van der Waals surface area contributed by atoms with Gasteiger partial charge < -0.3 is 25.8 Å². The second kappa shape index (κ2) is 8.22. The Hall–Kier alpha value is -3.55. The van der Waals surface area contributed by atoms with E-state index in [-0.39, 0.29) is 25.0 Å². The van der Waals surface area contributed by atoms with E-state index in [0.29, 0.717) is 30.0 Å². The third-order valence-electron chi connectivity index (χ3n) is 3.84. The Morgan fingerprint density at radius 2 is 1.81 bits per heavy atom. The standard InChI is InChI=1S/C19H19N3O5/c20-17(23)10-26-14-3-1-2-13(9-14)21-19(25)11-27-15-5-6-16-12(8-15)4-7-18(24)22-16/h1-3,5-6,8-9H,4,7,10-11H2,(H2,20,23)(H,21,25)(H,22,24). The molecule has 0 atom stereocenters. The Morgan fingerprint density at radius 3 is 2.63 bits per heavy atom. The number of benzene rings is 2. The number of nitrogens with one attached hydrogen (secondary N) is 2. The number of nitrogens with two attached hydrogens (primary N) is 1. The van der Waals surface area contributed by atoms with Gasteiger partial charge >= 0.3 is 0 Å². The minimum absolute atomic E-state index is 0.00224. The summed E-state index contributed by atoms with van der Waals surface area (Å²) in [5.41, 5.74) is 7.30. The molecular formula is C19H19N3O5. The van der Waals surface area contributed by atoms with Gasteiger partial charge in [-0.2, -0.15) is 0 Å². The summed E-state index contributed by atoms with van der Waals surface area (Å²) >= 11 is 0. The molecule has 1 aliphatic heterocycles. The van der Waals surface area contributed by atoms with Crippen molar-refractivity contribution in [2.24, 2.45) is 5.73 Å². The number of hydrogen-bond acceptors (Lipinski definition) is 5. The molecule has 2 aromatic carbocycles. The molecule has 27 heavy (non-hydrogen) atoms. The Balaban J connectivity index is 1.53. The van der Waals surface area contributed by atoms with Crippen molar-refractivity contribution in [1.29, 1.82) is 0 Å². The summed E-state index contributed by atoms with van der Waals surface area (Å²) in [6, 6.07) is 11.9. The van der Waals surface area contributed by atoms with Gasteiger partial charge in [-0.3, -0.25) is 14.4 Å². The number of ether oxygens (including phenoxy) is 2. The third-order valence-corrected chi connectivity index (χ3v) is 3.84. The molecular weight excluding hydrogens is 350 g/mol. The number of rotatable bonds is 7. The number of carbonyl (C=O) groups is 3. The Kier molecular flexibility index (Phi) is 5.55. The average Bonchev–Trinajstić information content (AvgIpc) is 2.65. The lowest BCUT2D eigenvalue weighted by Gasteiger charge is -2.17. The molecule has 0 aromatic heterocycles. The quantitative estimate of drug-likeness (QED) is 0.682. The molecule has 140 valence electrons. The fourth-order valence-electron chi connectivity index (χ4n) is 2.61. The maximum absolute atomic E-state index is 12.1. The lowest BCUT2D eigenvalue weighted by Crippen LogP contribution is -2.21. The van der Waals surface area contributed by atoms with Gasteiger partial charge in [-0.25, -0.2) is 0 Å². The fourth-order valence-corrected chi connectivity index (χ4v) is 2.61. The molecule has 1 aliphatic rings. The van der Waals surface area contributed by atoms with Crippen molar-refractivity contribution in [3.8, 4) is 11.5 Å². The van der Waals surface area contributed by atoms with Crippen LogP contribution in [-0.4, -0.2) is 30.9 Å². The molecule has 0 saturated heterocycles. The van der Waals surface area contributed by atoms with Crippen LogP contribution < -0.4 is 25.8 Å². The van der Waals surface area contributed by atoms with Gasteiger partial charge in [0, 0.05) is 23.9 Å². The van der Waals surface area contributed by atoms with Gasteiger partial charge in [0.25, 0.3) is 11.8 Å². The highest BCUT2D eigenvalue weighted by molar-refractivity contribution is 5.94. The van der Waals surface area contributed by atoms with Gasteiger partial charge in [0.05, 0.1) is 0 Å². The molecule has 0 fully saturated rings. The Morgan fingerprint density at radius 1 is 1.04 bits per heavy atom. The van der Waals surface area contributed by atoms with Crippen molar-refractivity contribution < 1.29 is 23.9 Å². The van der Waals surface area contributed by atoms with Gasteiger partial charge in [-0.15, -0.1) is 0 Å². The van der Waals surface area contributed by atoms with Gasteiger partial charge in [-0.1, -0.05) is 6.07 Å². The molecule has 3 rings (SSSR count). The van der Waals surface area contributed by atoms with Crippen molar-refractivity contribution in [2.45, 2.75) is 12.8 Å². The van der Waals surface area contributed by atoms with Crippen LogP contribution in [0.25, 0.3) is 0 Å². The van der Waals surface area contributed by atoms with E-state index in [1.807, 2.05) is 6.07 Å². The topological polar surface area (TPSA) is 120 Å². The molecule has 0 bridgehead atoms. The Labute approximate surface area is 155 Å². The first-order valence-electron chi connectivity index (χ1n) is 8.36. The SMILES string of the molecule is NC(=O)COc1cccc(NC(=O)COc2ccc3c(c2)CCC(=O)N3)c1. The molecule has 8 heteroatoms. The first kappa shape index (κ1) is 18.2. The third kappa shape index (κ3) is 5.21. The van der Waals surface area contributed by atoms with E-state index in [0.717, 1.165) is 11.3 Å². The molecule has 0 unspecified atom stereocenters. The van der Waals surface area contributed by atoms with Crippen LogP contribution in [0.15, 0.2) is 42.5 Å². The van der Waals surface area contributed by atoms with Crippen molar-refractivity contribution in [3.63, 3.8) is 0 Å². The van der Waals surface area contributed by atoms with E-state index in [9.17, 15) is 14.4 Å². The number of primary amides is 1. The van der Waals surface area contributed by atoms with Crippen molar-refractivity contribution in [2.75, 3.05) is 23.8 Å². The number of hydrogen-bond donors (Lipinski definition) is 3. The first-order chi connectivity index (χ1) is 13.0. The summed E-state index contributed by atoms with van der Waals surface area (Å²) in [7, 11) is 0. The number of fused-ring (bicyclic) bond motifs is 1. The van der Waals surface area contributed by atoms with Crippen molar-refractivity contribution in [3.05, 3.63) is 48.0 Å². The predicted molar refractivity (Wildman–Crippen MR) is 98.6 cm³/mol. The lowest BCUT2D eigenvalue weighted by atomic mass is 10.0. The van der Waals surface area contributed by atoms with Crippen LogP contribution in [0.3, 0.4) is 0 Å². The summed E-state index contributed by atoms with van der Waals surface area (Å²) in [6.45, 7) is -0.406. The maximum Gasteiger partial charge on any atom is 0.262 e. The predicted octanol–water partition coefficient (Wildman–Crippen LogP) is 1.45. The molecule has 0 aliphatic carbocycles. The van der Waals surface area contributed by atoms with E-state index in [2.05, 4.69) is 10.6 Å². The summed E-state index contributed by atoms with van der Waals surface area (Å²) in [5.74, 6) is 0.0518. The Bertz CT molecular complexity index is 881. The van der Waals surface area contributed by atoms with E-state index in [1.165, 1.54) is 0 Å². The number of anilines is 2. The number of aryl methyl sites for hydroxylation is 1. The van der Waals surface area contributed by atoms with E-state index >= 15 is 0 Å². The van der Waals surface area contributed by atoms with Crippen molar-refractivity contribution in [1.82, 2.24) is 0 Å². The van der Waals surface area contributed by atoms with Crippen molar-refractivity contribution >= 4 is 29.1 Å². The zero-order valence-electron chi connectivity index (χ0n) is 14.5. The maximum atomic E-state index is 12.1. The van der Waals surface area contributed by atoms with Gasteiger partial charge in [0.1, 0.15) is 11.5 Å². The fraction of sp³-hybridized carbons (Fsp3) is 0.211. The van der Waals surface area contributed by atoms with E-state index in [1.54, 1.807) is 36.4 Å². The number of carbonyl (C=O) groups excluding carboxylic acids is 3. The second-order valence-electron chi connectivity index (χ2n) is 5.99. The zero-order valence-corrected chi connectivity index (χ0v) is 14.5. The first-order valence-corrected chi connectivity index (χ1v) is 8.36. The van der Waals surface area contributed by atoms with Gasteiger partial charge in [0.15, 0.2) is 13.2 Å². The van der Waals surface area contributed by atoms with E-state index < -0.39 is 5.91 Å². The highest BCUT2D eigenvalue weighted by Gasteiger charge is 2.15. The molecule has 0 radical (unpaired) electrons. The number of amides is 3. The van der Waals surface area contributed by atoms with Crippen LogP contribution in [0.2, 0.25) is 0 Å². The largest absolute Gasteiger partial charge is 0.484 e. The normalized spacial score (nSPS) is 12.5. The molecule has 0 spiro atoms. The summed E-state index contributed by atoms with van der Waals surface area (Å²) in [5, 5.41) is 5.48. The lowest BCUT2D eigenvalue weighted by molar-refractivity contribution is -0.120. The highest BCUT2D eigenvalue weighted by Crippen LogP contribution is 2.26. The minimum Gasteiger partial charge on any atom is -0.484 e. The smallest absolute Gasteiger partial charge is 0.262 e. The molecule has 8 nitrogen and oxygen atoms in total. The molecule has 3 amide bonds. The summed E-state index contributed by atoms with van der Waals surface area (Å²) in [6.07, 6.45) is 1.08. The molecule has 1 heterocycles. The van der Waals surface area contributed by atoms with Crippen LogP contribution in [0.5, 0.6) is 11.5 Å².